The van der Waals surface area contributed by atoms with E-state index < -0.39 is 60.0 Å². The van der Waals surface area contributed by atoms with Gasteiger partial charge in [0.15, 0.2) is 11.5 Å². The Kier molecular flexibility index (Phi) is 7.94. The fraction of sp³-hybridized carbons (Fsp3) is 0.556. The molecule has 1 aromatic rings. The van der Waals surface area contributed by atoms with E-state index in [0.29, 0.717) is 5.75 Å². The molecule has 2 heterocycles. The summed E-state index contributed by atoms with van der Waals surface area (Å²) >= 11 is 1.42. The average molecular weight is 591 g/mol. The summed E-state index contributed by atoms with van der Waals surface area (Å²) in [5.41, 5.74) is 6.78. The Balaban J connectivity index is 1.43. The van der Waals surface area contributed by atoms with Gasteiger partial charge in [0.2, 0.25) is 11.8 Å². The molecule has 2 aliphatic heterocycles. The fourth-order valence-corrected chi connectivity index (χ4v) is 8.39. The maximum Gasteiger partial charge on any atom is 0.322 e. The van der Waals surface area contributed by atoms with E-state index in [4.69, 9.17) is 20.7 Å². The van der Waals surface area contributed by atoms with Gasteiger partial charge in [-0.3, -0.25) is 19.2 Å². The number of nitrogens with zero attached hydrogens (tertiary/aromatic N) is 1. The number of thioether (sulfide) groups is 1. The second-order valence-corrected chi connectivity index (χ2v) is 12.2. The molecular weight excluding hydrogens is 556 g/mol. The lowest BCUT2D eigenvalue weighted by atomic mass is 9.53. The number of carboxylic acids is 2. The fourth-order valence-electron chi connectivity index (χ4n) is 6.81. The maximum atomic E-state index is 13.0. The summed E-state index contributed by atoms with van der Waals surface area (Å²) in [6, 6.07) is 1.02. The third-order valence-corrected chi connectivity index (χ3v) is 10.1. The predicted octanol–water partition coefficient (Wildman–Crippen LogP) is -0.692. The van der Waals surface area contributed by atoms with E-state index in [9.17, 15) is 29.4 Å². The summed E-state index contributed by atoms with van der Waals surface area (Å²) in [6.07, 6.45) is 2.77. The van der Waals surface area contributed by atoms with E-state index >= 15 is 0 Å². The molecule has 0 aromatic heterocycles. The van der Waals surface area contributed by atoms with Crippen molar-refractivity contribution in [3.05, 3.63) is 35.4 Å². The molecule has 8 N–H and O–H groups in total. The van der Waals surface area contributed by atoms with Crippen LogP contribution in [-0.2, 0) is 24.6 Å². The Morgan fingerprint density at radius 3 is 2.71 bits per heavy atom. The van der Waals surface area contributed by atoms with Crippen LogP contribution in [0.2, 0.25) is 0 Å². The molecule has 1 saturated heterocycles. The molecule has 1 fully saturated rings. The lowest BCUT2D eigenvalue weighted by molar-refractivity contribution is -0.139. The van der Waals surface area contributed by atoms with Crippen molar-refractivity contribution in [3.63, 3.8) is 0 Å². The number of carbonyl (C=O) groups excluding carboxylic acids is 2. The average Bonchev–Trinajstić information content (AvgIpc) is 3.29. The van der Waals surface area contributed by atoms with Crippen molar-refractivity contribution >= 4 is 35.5 Å². The molecule has 0 radical (unpaired) electrons. The summed E-state index contributed by atoms with van der Waals surface area (Å²) in [5, 5.41) is 44.3. The number of aliphatic hydroxyl groups excluding tert-OH is 1. The largest absolute Gasteiger partial charge is 0.504 e. The van der Waals surface area contributed by atoms with Gasteiger partial charge in [0, 0.05) is 40.4 Å². The Morgan fingerprint density at radius 1 is 1.24 bits per heavy atom. The van der Waals surface area contributed by atoms with Gasteiger partial charge in [-0.15, -0.1) is 11.8 Å². The van der Waals surface area contributed by atoms with Crippen molar-refractivity contribution < 1.29 is 44.3 Å². The van der Waals surface area contributed by atoms with Crippen molar-refractivity contribution in [3.8, 4) is 11.5 Å². The standard InChI is InChI=1S/C27H34N4O9S/c1-31-9-8-27-13-3-6-17(33)24(27)40-22-16(32)5-2-12(20(22)27)23(21(13)31)41-11-15(25(37)29-10-19(35)36)30-18(34)7-4-14(28)26(38)39/h2-3,5-6,13-15,17,21,23-24,32-33H,4,7-11,28H2,1H3,(H,29,37)(H,30,34)(H,35,36)(H,38,39)/t13-,14-,15-,17-,21-,23-,24-,27-/m0/s1. The number of hydrogen-bond acceptors (Lipinski definition) is 10. The number of nitrogens with one attached hydrogen (secondary N) is 2. The van der Waals surface area contributed by atoms with Crippen LogP contribution < -0.4 is 21.1 Å². The lowest BCUT2D eigenvalue weighted by Gasteiger charge is -2.58. The summed E-state index contributed by atoms with van der Waals surface area (Å²) in [4.78, 5) is 50.0. The van der Waals surface area contributed by atoms with Crippen molar-refractivity contribution in [1.29, 1.82) is 0 Å². The van der Waals surface area contributed by atoms with Crippen LogP contribution in [0.15, 0.2) is 24.3 Å². The molecule has 14 heteroatoms. The number of amides is 2. The van der Waals surface area contributed by atoms with Crippen LogP contribution in [0.25, 0.3) is 0 Å². The Morgan fingerprint density at radius 2 is 2.00 bits per heavy atom. The highest BCUT2D eigenvalue weighted by Gasteiger charge is 2.66. The van der Waals surface area contributed by atoms with E-state index in [-0.39, 0.29) is 41.6 Å². The minimum Gasteiger partial charge on any atom is -0.504 e. The highest BCUT2D eigenvalue weighted by molar-refractivity contribution is 7.99. The van der Waals surface area contributed by atoms with Gasteiger partial charge < -0.3 is 46.4 Å². The van der Waals surface area contributed by atoms with Gasteiger partial charge in [0.25, 0.3) is 0 Å². The van der Waals surface area contributed by atoms with Crippen LogP contribution in [0.4, 0.5) is 0 Å². The summed E-state index contributed by atoms with van der Waals surface area (Å²) in [5.74, 6) is -3.34. The number of nitrogens with two attached hydrogens (primary N) is 1. The molecule has 41 heavy (non-hydrogen) atoms. The van der Waals surface area contributed by atoms with Crippen LogP contribution >= 0.6 is 11.8 Å². The molecule has 2 amide bonds. The number of aliphatic hydroxyl groups is 1. The van der Waals surface area contributed by atoms with Gasteiger partial charge in [-0.2, -0.15) is 0 Å². The molecule has 8 atom stereocenters. The van der Waals surface area contributed by atoms with Crippen LogP contribution in [0.5, 0.6) is 11.5 Å². The Labute approximate surface area is 240 Å². The third-order valence-electron chi connectivity index (χ3n) is 8.69. The molecule has 4 aliphatic rings. The van der Waals surface area contributed by atoms with Gasteiger partial charge >= 0.3 is 11.9 Å². The monoisotopic (exact) mass is 590 g/mol. The number of phenols is 1. The molecule has 2 aliphatic carbocycles. The van der Waals surface area contributed by atoms with Gasteiger partial charge in [-0.05, 0) is 38.1 Å². The highest BCUT2D eigenvalue weighted by Crippen LogP contribution is 2.66. The number of ether oxygens (including phenoxy) is 1. The summed E-state index contributed by atoms with van der Waals surface area (Å²) < 4.78 is 6.23. The molecule has 13 nitrogen and oxygen atoms in total. The normalized spacial score (nSPS) is 30.5. The first-order valence-corrected chi connectivity index (χ1v) is 14.5. The number of piperidine rings is 1. The van der Waals surface area contributed by atoms with Gasteiger partial charge in [0.05, 0.1) is 0 Å². The van der Waals surface area contributed by atoms with Crippen molar-refractivity contribution in [2.45, 2.75) is 60.3 Å². The molecule has 5 rings (SSSR count). The van der Waals surface area contributed by atoms with Crippen molar-refractivity contribution in [2.75, 3.05) is 25.9 Å². The zero-order valence-electron chi connectivity index (χ0n) is 22.4. The van der Waals surface area contributed by atoms with E-state index in [0.717, 1.165) is 24.1 Å². The smallest absolute Gasteiger partial charge is 0.322 e. The predicted molar refractivity (Wildman–Crippen MR) is 146 cm³/mol. The number of rotatable bonds is 11. The van der Waals surface area contributed by atoms with Crippen LogP contribution in [-0.4, -0.2) is 105 Å². The first-order valence-electron chi connectivity index (χ1n) is 13.4. The minimum absolute atomic E-state index is 0.00244. The van der Waals surface area contributed by atoms with E-state index in [1.54, 1.807) is 12.1 Å². The third kappa shape index (κ3) is 5.02. The summed E-state index contributed by atoms with van der Waals surface area (Å²) in [7, 11) is 2.02. The van der Waals surface area contributed by atoms with Gasteiger partial charge in [0.1, 0.15) is 30.8 Å². The number of carbonyl (C=O) groups is 4. The second kappa shape index (κ2) is 11.2. The minimum atomic E-state index is -1.24. The molecular formula is C27H34N4O9S. The number of likely N-dealkylation sites (N-methyl/N-ethyl adjacent to an activating group) is 1. The van der Waals surface area contributed by atoms with Gasteiger partial charge in [-0.1, -0.05) is 18.2 Å². The lowest BCUT2D eigenvalue weighted by Crippen LogP contribution is -2.65. The number of carboxylic acid groups (broad SMARTS) is 2. The molecule has 0 unspecified atom stereocenters. The Hall–Kier alpha value is -3.33. The molecule has 1 aromatic carbocycles. The number of aliphatic carboxylic acids is 2. The maximum absolute atomic E-state index is 13.0. The SMILES string of the molecule is CN1CC[C@]23c4c5ccc(O)c4O[C@H]2[C@@H](O)C=C[C@H]3[C@H]1[C@H]5SC[C@H](NC(=O)CC[C@H](N)C(=O)O)C(=O)NCC(=O)O. The first-order chi connectivity index (χ1) is 19.5. The van der Waals surface area contributed by atoms with E-state index in [1.807, 2.05) is 19.2 Å². The highest BCUT2D eigenvalue weighted by atomic mass is 32.2. The van der Waals surface area contributed by atoms with E-state index in [2.05, 4.69) is 15.5 Å². The van der Waals surface area contributed by atoms with Crippen LogP contribution in [0, 0.1) is 5.92 Å². The molecule has 0 saturated carbocycles. The first kappa shape index (κ1) is 29.2. The number of aromatic hydroxyl groups is 1. The summed E-state index contributed by atoms with van der Waals surface area (Å²) in [6.45, 7) is 0.0900. The topological polar surface area (TPSA) is 212 Å². The van der Waals surface area contributed by atoms with Crippen LogP contribution in [0.3, 0.4) is 0 Å². The van der Waals surface area contributed by atoms with Gasteiger partial charge in [-0.25, -0.2) is 0 Å². The van der Waals surface area contributed by atoms with Crippen molar-refractivity contribution in [1.82, 2.24) is 15.5 Å². The zero-order chi connectivity index (χ0) is 29.6. The number of benzene rings is 1. The quantitative estimate of drug-likeness (QED) is 0.160. The number of likely N-dealkylation sites (tertiary alicyclic amines) is 1. The second-order valence-electron chi connectivity index (χ2n) is 11.0. The van der Waals surface area contributed by atoms with E-state index in [1.165, 1.54) is 11.8 Å². The molecule has 222 valence electrons. The van der Waals surface area contributed by atoms with Crippen LogP contribution in [0.1, 0.15) is 35.6 Å². The molecule has 2 bridgehead atoms. The zero-order valence-corrected chi connectivity index (χ0v) is 23.2. The number of hydrogen-bond donors (Lipinski definition) is 7. The molecule has 1 spiro atoms. The number of phenolic OH excluding ortho intramolecular Hbond substituents is 1. The Bertz CT molecular complexity index is 1290. The van der Waals surface area contributed by atoms with Crippen molar-refractivity contribution in [2.24, 2.45) is 11.7 Å².